The van der Waals surface area contributed by atoms with Gasteiger partial charge in [-0.3, -0.25) is 14.5 Å². The Morgan fingerprint density at radius 3 is 2.68 bits per heavy atom. The Morgan fingerprint density at radius 2 is 1.89 bits per heavy atom. The zero-order chi connectivity index (χ0) is 32.2. The Hall–Kier alpha value is -5.05. The summed E-state index contributed by atoms with van der Waals surface area (Å²) in [4.78, 5) is 45.8. The summed E-state index contributed by atoms with van der Waals surface area (Å²) in [5.41, 5.74) is 9.04. The number of carbonyl (C=O) groups is 1. The highest BCUT2D eigenvalue weighted by molar-refractivity contribution is 6.07. The fourth-order valence-electron chi connectivity index (χ4n) is 6.65. The van der Waals surface area contributed by atoms with Crippen molar-refractivity contribution >= 4 is 67.1 Å². The highest BCUT2D eigenvalue weighted by Crippen LogP contribution is 2.36. The van der Waals surface area contributed by atoms with Crippen LogP contribution in [-0.2, 0) is 4.74 Å². The Kier molecular flexibility index (Phi) is 7.27. The molecule has 1 atom stereocenters. The molecule has 0 saturated carbocycles. The molecule has 3 aromatic heterocycles. The zero-order valence-electron chi connectivity index (χ0n) is 25.4. The third kappa shape index (κ3) is 5.14. The molecule has 0 unspecified atom stereocenters. The van der Waals surface area contributed by atoms with Crippen LogP contribution in [0.4, 0.5) is 15.8 Å². The number of aromatic amines is 1. The number of amides is 1. The predicted octanol–water partition coefficient (Wildman–Crippen LogP) is 4.83. The van der Waals surface area contributed by atoms with E-state index in [4.69, 9.17) is 19.3 Å². The number of halogens is 1. The Balaban J connectivity index is 1.32. The van der Waals surface area contributed by atoms with Crippen molar-refractivity contribution in [3.05, 3.63) is 69.1 Å². The van der Waals surface area contributed by atoms with Crippen molar-refractivity contribution in [3.8, 4) is 0 Å². The van der Waals surface area contributed by atoms with Gasteiger partial charge in [0.15, 0.2) is 28.1 Å². The molecule has 0 aliphatic carbocycles. The lowest BCUT2D eigenvalue weighted by Crippen LogP contribution is -2.37. The smallest absolute Gasteiger partial charge is 0.259 e. The van der Waals surface area contributed by atoms with Gasteiger partial charge in [-0.15, -0.1) is 4.91 Å². The lowest BCUT2D eigenvalue weighted by Gasteiger charge is -2.26. The number of hydrogen-bond acceptors (Lipinski definition) is 10. The maximum absolute atomic E-state index is 16.0. The number of likely N-dealkylation sites (tertiary alicyclic amines) is 1. The second kappa shape index (κ2) is 11.6. The molecule has 0 radical (unpaired) electrons. The van der Waals surface area contributed by atoms with Crippen LogP contribution in [0.2, 0.25) is 0 Å². The summed E-state index contributed by atoms with van der Waals surface area (Å²) < 4.78 is 35.6. The van der Waals surface area contributed by atoms with Gasteiger partial charge in [0.05, 0.1) is 35.2 Å². The number of nitrogens with zero attached hydrogens (tertiary/aromatic N) is 4. The molecule has 0 bridgehead atoms. The molecule has 0 spiro atoms. The minimum atomic E-state index is -0.660. The summed E-state index contributed by atoms with van der Waals surface area (Å²) in [6, 6.07) is 9.22. The second-order valence-electron chi connectivity index (χ2n) is 12.2. The minimum absolute atomic E-state index is 0.0140. The number of aromatic nitrogens is 2. The molecule has 14 heteroatoms. The average Bonchev–Trinajstić information content (AvgIpc) is 3.53. The van der Waals surface area contributed by atoms with Gasteiger partial charge < -0.3 is 38.9 Å². The number of H-pyrrole nitrogens is 1. The number of nitroso groups, excluding NO2 is 1. The van der Waals surface area contributed by atoms with Gasteiger partial charge in [0.2, 0.25) is 5.43 Å². The van der Waals surface area contributed by atoms with Crippen molar-refractivity contribution in [3.63, 3.8) is 0 Å². The summed E-state index contributed by atoms with van der Waals surface area (Å²) in [5.74, 6) is -1.13. The van der Waals surface area contributed by atoms with Gasteiger partial charge in [0, 0.05) is 63.2 Å². The van der Waals surface area contributed by atoms with Crippen LogP contribution in [-0.4, -0.2) is 83.6 Å². The first-order valence-electron chi connectivity index (χ1n) is 15.7. The van der Waals surface area contributed by atoms with Crippen LogP contribution < -0.4 is 16.5 Å². The number of anilines is 1. The number of carbonyl (C=O) groups excluding carboxylic acids is 1. The maximum Gasteiger partial charge on any atom is 0.259 e. The molecular weight excluding hydrogens is 609 g/mol. The predicted molar refractivity (Wildman–Crippen MR) is 176 cm³/mol. The lowest BCUT2D eigenvalue weighted by atomic mass is 10.1. The largest absolute Gasteiger partial charge is 0.453 e. The van der Waals surface area contributed by atoms with E-state index >= 15 is 4.39 Å². The molecule has 1 amide bonds. The molecule has 6 aromatic rings. The number of nitrogens with one attached hydrogen (secondary N) is 2. The highest BCUT2D eigenvalue weighted by atomic mass is 19.1. The van der Waals surface area contributed by atoms with E-state index in [1.165, 1.54) is 18.3 Å². The van der Waals surface area contributed by atoms with Crippen molar-refractivity contribution in [2.75, 3.05) is 57.8 Å². The van der Waals surface area contributed by atoms with Gasteiger partial charge in [0.1, 0.15) is 22.5 Å². The van der Waals surface area contributed by atoms with E-state index in [2.05, 4.69) is 20.4 Å². The minimum Gasteiger partial charge on any atom is -0.453 e. The molecule has 2 aliphatic rings. The van der Waals surface area contributed by atoms with Gasteiger partial charge in [-0.1, -0.05) is 0 Å². The van der Waals surface area contributed by atoms with Crippen LogP contribution in [0.5, 0.6) is 0 Å². The van der Waals surface area contributed by atoms with Gasteiger partial charge in [-0.05, 0) is 42.8 Å². The summed E-state index contributed by atoms with van der Waals surface area (Å²) in [5, 5.41) is 6.22. The topological polar surface area (TPSA) is 164 Å². The molecule has 3 aromatic carbocycles. The Bertz CT molecular complexity index is 2300. The average molecular weight is 642 g/mol. The fraction of sp³-hybridized carbons (Fsp3) is 0.333. The van der Waals surface area contributed by atoms with Crippen LogP contribution >= 0.6 is 0 Å². The van der Waals surface area contributed by atoms with E-state index in [1.54, 1.807) is 33.6 Å². The SMILES string of the molecule is N[C@H]1CCN(C(=O)c2cn3c4cc5oc6cc(N=O)ccc6[nH]c5cc4oc4c(NCCCN5CCOCC5)c(F)cc(c2=O)c43)C1. The molecular formula is C33H32FN7O6. The number of ether oxygens (including phenoxy) is 1. The first kappa shape index (κ1) is 29.4. The summed E-state index contributed by atoms with van der Waals surface area (Å²) >= 11 is 0. The lowest BCUT2D eigenvalue weighted by molar-refractivity contribution is 0.0378. The number of rotatable bonds is 7. The number of pyridine rings is 1. The first-order chi connectivity index (χ1) is 22.9. The van der Waals surface area contributed by atoms with E-state index in [0.29, 0.717) is 78.1 Å². The van der Waals surface area contributed by atoms with E-state index < -0.39 is 17.2 Å². The van der Waals surface area contributed by atoms with E-state index in [1.807, 2.05) is 0 Å². The molecule has 2 aliphatic heterocycles. The molecule has 242 valence electrons. The van der Waals surface area contributed by atoms with Gasteiger partial charge >= 0.3 is 0 Å². The van der Waals surface area contributed by atoms with E-state index in [-0.39, 0.29) is 33.9 Å². The Labute approximate surface area is 265 Å². The number of morpholine rings is 1. The van der Waals surface area contributed by atoms with Gasteiger partial charge in [0.25, 0.3) is 5.91 Å². The number of nitrogens with two attached hydrogens (primary N) is 1. The summed E-state index contributed by atoms with van der Waals surface area (Å²) in [6.45, 7) is 5.15. The summed E-state index contributed by atoms with van der Waals surface area (Å²) in [7, 11) is 0. The number of fused-ring (bicyclic) bond motifs is 4. The molecule has 47 heavy (non-hydrogen) atoms. The third-order valence-electron chi connectivity index (χ3n) is 9.09. The molecule has 2 fully saturated rings. The van der Waals surface area contributed by atoms with Crippen LogP contribution in [0.3, 0.4) is 0 Å². The van der Waals surface area contributed by atoms with Crippen LogP contribution in [0.15, 0.2) is 61.4 Å². The first-order valence-corrected chi connectivity index (χ1v) is 15.7. The quantitative estimate of drug-likeness (QED) is 0.0958. The normalized spacial score (nSPS) is 17.5. The maximum atomic E-state index is 16.0. The monoisotopic (exact) mass is 641 g/mol. The number of hydrogen-bond donors (Lipinski definition) is 3. The highest BCUT2D eigenvalue weighted by Gasteiger charge is 2.29. The number of benzene rings is 3. The zero-order valence-corrected chi connectivity index (χ0v) is 25.4. The Morgan fingerprint density at radius 1 is 1.06 bits per heavy atom. The van der Waals surface area contributed by atoms with Crippen LogP contribution in [0.1, 0.15) is 23.2 Å². The molecule has 4 N–H and O–H groups in total. The van der Waals surface area contributed by atoms with Crippen molar-refractivity contribution in [1.29, 1.82) is 0 Å². The molecule has 5 heterocycles. The molecule has 13 nitrogen and oxygen atoms in total. The van der Waals surface area contributed by atoms with Crippen molar-refractivity contribution in [2.24, 2.45) is 10.9 Å². The van der Waals surface area contributed by atoms with Crippen LogP contribution in [0.25, 0.3) is 49.8 Å². The van der Waals surface area contributed by atoms with E-state index in [9.17, 15) is 14.5 Å². The second-order valence-corrected chi connectivity index (χ2v) is 12.2. The fourth-order valence-corrected chi connectivity index (χ4v) is 6.65. The standard InChI is InChI=1S/C33H32FN7O6/c34-22-13-20-30-32(29(22)36-5-1-6-39-8-10-45-11-9-39)47-28-14-24-27(46-26-12-19(38-44)2-3-23(26)37-24)15-25(28)41(30)17-21(31(20)42)33(43)40-7-4-18(35)16-40/h2-3,12-15,17-18,36-37H,1,4-11,16,35H2/t18-/m0/s1. The molecule has 2 saturated heterocycles. The summed E-state index contributed by atoms with van der Waals surface area (Å²) in [6.07, 6.45) is 2.87. The van der Waals surface area contributed by atoms with Crippen molar-refractivity contribution in [2.45, 2.75) is 18.9 Å². The molecule has 8 rings (SSSR count). The third-order valence-corrected chi connectivity index (χ3v) is 9.09. The van der Waals surface area contributed by atoms with Gasteiger partial charge in [-0.25, -0.2) is 4.39 Å². The van der Waals surface area contributed by atoms with E-state index in [0.717, 1.165) is 26.1 Å². The van der Waals surface area contributed by atoms with Crippen LogP contribution in [0, 0.1) is 10.7 Å². The van der Waals surface area contributed by atoms with Crippen molar-refractivity contribution in [1.82, 2.24) is 19.2 Å². The van der Waals surface area contributed by atoms with Crippen molar-refractivity contribution < 1.29 is 22.8 Å². The van der Waals surface area contributed by atoms with Gasteiger partial charge in [-0.2, -0.15) is 0 Å².